The van der Waals surface area contributed by atoms with Crippen LogP contribution in [0.15, 0.2) is 48.6 Å². The molecule has 4 unspecified atom stereocenters. The number of allylic oxidation sites excluding steroid dienone is 2. The molecule has 0 saturated carbocycles. The van der Waals surface area contributed by atoms with Gasteiger partial charge in [-0.05, 0) is 13.8 Å². The van der Waals surface area contributed by atoms with Crippen LogP contribution in [0.1, 0.15) is 81.1 Å². The molecule has 0 aromatic rings. The normalized spacial score (nSPS) is 10.5. The van der Waals surface area contributed by atoms with E-state index in [1.807, 2.05) is 13.8 Å². The second-order valence-corrected chi connectivity index (χ2v) is 12.4. The van der Waals surface area contributed by atoms with Gasteiger partial charge in [-0.25, -0.2) is 47.7 Å². The summed E-state index contributed by atoms with van der Waals surface area (Å²) in [5.74, 6) is -6.24. The molecule has 0 aliphatic carbocycles. The smallest absolute Gasteiger partial charge is 0.335 e. The first-order chi connectivity index (χ1) is 27.6. The van der Waals surface area contributed by atoms with Crippen LogP contribution in [0.3, 0.4) is 0 Å². The Hall–Kier alpha value is -3.99. The number of esters is 8. The van der Waals surface area contributed by atoms with Gasteiger partial charge in [-0.3, -0.25) is 41.3 Å². The quantitative estimate of drug-likeness (QED) is 0.0577. The van der Waals surface area contributed by atoms with E-state index in [2.05, 4.69) is 78.1 Å². The second kappa shape index (κ2) is 49.7. The predicted molar refractivity (Wildman–Crippen MR) is 219 cm³/mol. The van der Waals surface area contributed by atoms with E-state index >= 15 is 0 Å². The Morgan fingerprint density at radius 1 is 0.500 bits per heavy atom. The summed E-state index contributed by atoms with van der Waals surface area (Å²) in [5, 5.41) is 0. The van der Waals surface area contributed by atoms with Gasteiger partial charge in [0.2, 0.25) is 13.6 Å². The minimum absolute atomic E-state index is 0. The number of methoxy groups -OCH3 is 4. The maximum Gasteiger partial charge on any atom is 0.335 e. The molecular formula is C42H64O18Y2-4. The molecule has 350 valence electrons. The van der Waals surface area contributed by atoms with Crippen LogP contribution >= 0.6 is 0 Å². The van der Waals surface area contributed by atoms with Gasteiger partial charge in [0.15, 0.2) is 0 Å². The molecule has 0 aromatic carbocycles. The molecule has 0 N–H and O–H groups in total. The van der Waals surface area contributed by atoms with Crippen LogP contribution in [0.25, 0.3) is 0 Å². The van der Waals surface area contributed by atoms with Crippen molar-refractivity contribution in [3.8, 4) is 0 Å². The van der Waals surface area contributed by atoms with Crippen LogP contribution in [0.5, 0.6) is 0 Å². The molecule has 62 heavy (non-hydrogen) atoms. The summed E-state index contributed by atoms with van der Waals surface area (Å²) < 4.78 is 35.8. The van der Waals surface area contributed by atoms with Crippen molar-refractivity contribution in [1.29, 1.82) is 0 Å². The molecule has 0 spiro atoms. The fourth-order valence-corrected chi connectivity index (χ4v) is 2.47. The summed E-state index contributed by atoms with van der Waals surface area (Å²) in [7, 11) is 5.05. The Morgan fingerprint density at radius 3 is 1.15 bits per heavy atom. The average molecular weight is 1030 g/mol. The summed E-state index contributed by atoms with van der Waals surface area (Å²) in [6, 6.07) is 0. The zero-order chi connectivity index (χ0) is 48.6. The van der Waals surface area contributed by atoms with Gasteiger partial charge >= 0.3 is 47.8 Å². The summed E-state index contributed by atoms with van der Waals surface area (Å²) >= 11 is 0. The first-order valence-corrected chi connectivity index (χ1v) is 17.6. The minimum atomic E-state index is -0.647. The van der Waals surface area contributed by atoms with E-state index in [0.717, 1.165) is 11.1 Å². The molecule has 0 aliphatic rings. The topological polar surface area (TPSA) is 245 Å². The van der Waals surface area contributed by atoms with Crippen molar-refractivity contribution in [1.82, 2.24) is 0 Å². The monoisotopic (exact) mass is 1030 g/mol. The van der Waals surface area contributed by atoms with E-state index in [9.17, 15) is 47.9 Å². The maximum absolute atomic E-state index is 11.3. The molecule has 0 bridgehead atoms. The summed E-state index contributed by atoms with van der Waals surface area (Å²) in [6.07, 6.45) is 3.35. The van der Waals surface area contributed by atoms with E-state index in [0.29, 0.717) is 0 Å². The van der Waals surface area contributed by atoms with Crippen LogP contribution in [0.2, 0.25) is 0 Å². The molecule has 0 saturated heterocycles. The molecule has 0 aliphatic heterocycles. The number of carbonyl (C=O) groups is 8. The fraction of sp³-hybridized carbons (Fsp3) is 0.524. The van der Waals surface area contributed by atoms with Crippen molar-refractivity contribution in [3.63, 3.8) is 0 Å². The first kappa shape index (κ1) is 75.4. The van der Waals surface area contributed by atoms with Crippen molar-refractivity contribution < 1.29 is 151 Å². The van der Waals surface area contributed by atoms with Gasteiger partial charge in [-0.2, -0.15) is 0 Å². The molecular weight excluding hydrogens is 970 g/mol. The number of rotatable bonds is 18. The third-order valence-corrected chi connectivity index (χ3v) is 5.57. The Labute approximate surface area is 417 Å². The van der Waals surface area contributed by atoms with E-state index in [1.165, 1.54) is 56.1 Å². The molecule has 18 nitrogen and oxygen atoms in total. The van der Waals surface area contributed by atoms with Gasteiger partial charge in [-0.15, -0.1) is 12.3 Å². The van der Waals surface area contributed by atoms with Crippen molar-refractivity contribution in [2.45, 2.75) is 81.1 Å². The van der Waals surface area contributed by atoms with Crippen molar-refractivity contribution in [2.75, 3.05) is 42.0 Å². The van der Waals surface area contributed by atoms with Crippen LogP contribution < -0.4 is 0 Å². The Bertz CT molecular complexity index is 1390. The van der Waals surface area contributed by atoms with E-state index < -0.39 is 61.2 Å². The van der Waals surface area contributed by atoms with Crippen LogP contribution in [0, 0.1) is 37.5 Å². The second-order valence-electron chi connectivity index (χ2n) is 12.4. The largest absolute Gasteiger partial charge is 0.542 e. The van der Waals surface area contributed by atoms with Gasteiger partial charge in [0.05, 0.1) is 53.1 Å². The van der Waals surface area contributed by atoms with Crippen LogP contribution in [-0.2, 0) is 151 Å². The summed E-state index contributed by atoms with van der Waals surface area (Å²) in [6.45, 7) is 32.5. The SMILES string of the molecule is C=C(C)C(=O)OCOC(=O)C(C)CC(=O)OC.C=C(C)C(=O)OCOC(=O)CC(C)C(=O)OC.C=C([CH2-])C.C=C([CH2-])C.COC(=O)C(C)C[C-]=O.COC(=O)CC(C)[C-]=O.[Y].[Y]. The predicted octanol–water partition coefficient (Wildman–Crippen LogP) is 4.99. The van der Waals surface area contributed by atoms with Crippen molar-refractivity contribution in [3.05, 3.63) is 62.5 Å². The molecule has 0 rings (SSSR count). The molecule has 20 heteroatoms. The molecule has 2 radical (unpaired) electrons. The van der Waals surface area contributed by atoms with Gasteiger partial charge in [0.1, 0.15) is 0 Å². The standard InChI is InChI=1S/2C11H16O6.2C6H9O3.2C4H7.2Y/c1-7(2)10(13)17-6-16-9(12)5-8(3)11(14)15-4;1-7(2)10(13)16-6-17-11(14)8(3)5-9(12)15-4;1-5(4-7)3-6(8)9-2;1-5(3-4-7)6(8)9-2;2*1-4(2)3;;/h2*8H,1,5-6H2,2-4H3;2*5H,3H2,1-2H3;2*1-2H2,3H3;;/q;;4*-1;;. The van der Waals surface area contributed by atoms with Gasteiger partial charge in [0, 0.05) is 88.9 Å². The van der Waals surface area contributed by atoms with Gasteiger partial charge < -0.3 is 47.5 Å². The zero-order valence-corrected chi connectivity index (χ0v) is 44.0. The van der Waals surface area contributed by atoms with Gasteiger partial charge in [-0.1, -0.05) is 54.7 Å². The van der Waals surface area contributed by atoms with Gasteiger partial charge in [0.25, 0.3) is 0 Å². The van der Waals surface area contributed by atoms with Crippen LogP contribution in [-0.4, -0.2) is 102 Å². The summed E-state index contributed by atoms with van der Waals surface area (Å²) in [5.41, 5.74) is 2.26. The number of ether oxygens (including phenoxy) is 8. The number of carbonyl (C=O) groups excluding carboxylic acids is 10. The summed E-state index contributed by atoms with van der Waals surface area (Å²) in [4.78, 5) is 107. The average Bonchev–Trinajstić information content (AvgIpc) is 3.16. The zero-order valence-electron chi connectivity index (χ0n) is 38.3. The van der Waals surface area contributed by atoms with E-state index in [4.69, 9.17) is 0 Å². The fourth-order valence-electron chi connectivity index (χ4n) is 2.47. The number of hydrogen-bond donors (Lipinski definition) is 0. The van der Waals surface area contributed by atoms with E-state index in [1.54, 1.807) is 26.4 Å². The minimum Gasteiger partial charge on any atom is -0.542 e. The third-order valence-electron chi connectivity index (χ3n) is 5.57. The molecule has 0 heterocycles. The van der Waals surface area contributed by atoms with Crippen LogP contribution in [0.4, 0.5) is 0 Å². The molecule has 0 aromatic heterocycles. The molecule has 0 amide bonds. The maximum atomic E-state index is 11.3. The Balaban J connectivity index is -0.000000100. The Kier molecular flexibility index (Phi) is 60.4. The Morgan fingerprint density at radius 2 is 0.823 bits per heavy atom. The number of hydrogen-bond acceptors (Lipinski definition) is 18. The van der Waals surface area contributed by atoms with E-state index in [-0.39, 0.29) is 126 Å². The van der Waals surface area contributed by atoms with Crippen molar-refractivity contribution in [2.24, 2.45) is 23.7 Å². The third kappa shape index (κ3) is 60.3. The first-order valence-electron chi connectivity index (χ1n) is 17.6. The van der Waals surface area contributed by atoms with Crippen molar-refractivity contribution >= 4 is 60.3 Å². The molecule has 0 fully saturated rings. The molecule has 4 atom stereocenters.